The van der Waals surface area contributed by atoms with Crippen molar-refractivity contribution in [1.29, 1.82) is 0 Å². The molecule has 0 amide bonds. The molecule has 0 radical (unpaired) electrons. The third-order valence-corrected chi connectivity index (χ3v) is 5.92. The summed E-state index contributed by atoms with van der Waals surface area (Å²) in [6, 6.07) is 0.657. The molecule has 0 spiro atoms. The highest BCUT2D eigenvalue weighted by molar-refractivity contribution is 14.0. The van der Waals surface area contributed by atoms with Crippen LogP contribution in [0.4, 0.5) is 0 Å². The summed E-state index contributed by atoms with van der Waals surface area (Å²) < 4.78 is 22.4. The minimum absolute atomic E-state index is 0. The van der Waals surface area contributed by atoms with Gasteiger partial charge in [0.05, 0.1) is 5.75 Å². The van der Waals surface area contributed by atoms with Crippen LogP contribution in [0, 0.1) is 11.8 Å². The van der Waals surface area contributed by atoms with Gasteiger partial charge in [-0.1, -0.05) is 32.1 Å². The van der Waals surface area contributed by atoms with Crippen molar-refractivity contribution in [3.05, 3.63) is 0 Å². The van der Waals surface area contributed by atoms with Crippen molar-refractivity contribution in [2.75, 3.05) is 19.1 Å². The van der Waals surface area contributed by atoms with Crippen molar-refractivity contribution in [3.63, 3.8) is 0 Å². The Hall–Kier alpha value is -0.0500. The van der Waals surface area contributed by atoms with Crippen LogP contribution in [0.1, 0.15) is 51.9 Å². The molecule has 0 aromatic heterocycles. The summed E-state index contributed by atoms with van der Waals surface area (Å²) in [6.45, 7) is 2.00. The van der Waals surface area contributed by atoms with E-state index in [9.17, 15) is 8.42 Å². The normalized spacial score (nSPS) is 27.0. The molecule has 2 saturated carbocycles. The lowest BCUT2D eigenvalue weighted by atomic mass is 9.85. The molecule has 3 atom stereocenters. The second kappa shape index (κ2) is 9.44. The van der Waals surface area contributed by atoms with Gasteiger partial charge in [-0.15, -0.1) is 24.0 Å². The van der Waals surface area contributed by atoms with Crippen LogP contribution in [0.5, 0.6) is 0 Å². The van der Waals surface area contributed by atoms with Crippen molar-refractivity contribution in [1.82, 2.24) is 10.6 Å². The van der Waals surface area contributed by atoms with Gasteiger partial charge in [-0.2, -0.15) is 0 Å². The van der Waals surface area contributed by atoms with Crippen molar-refractivity contribution in [2.24, 2.45) is 16.8 Å². The maximum Gasteiger partial charge on any atom is 0.191 e. The first-order chi connectivity index (χ1) is 10.4. The molecule has 0 aromatic carbocycles. The minimum Gasteiger partial charge on any atom is -0.354 e. The van der Waals surface area contributed by atoms with Crippen LogP contribution in [0.2, 0.25) is 0 Å². The monoisotopic (exact) mass is 457 g/mol. The van der Waals surface area contributed by atoms with Gasteiger partial charge in [0, 0.05) is 25.4 Å². The summed E-state index contributed by atoms with van der Waals surface area (Å²) in [5, 5.41) is 6.81. The van der Waals surface area contributed by atoms with E-state index in [2.05, 4.69) is 15.6 Å². The van der Waals surface area contributed by atoms with Gasteiger partial charge in [0.2, 0.25) is 0 Å². The first kappa shape index (κ1) is 21.0. The number of nitrogens with one attached hydrogen (secondary N) is 2. The van der Waals surface area contributed by atoms with Gasteiger partial charge in [0.1, 0.15) is 9.84 Å². The van der Waals surface area contributed by atoms with Gasteiger partial charge >= 0.3 is 0 Å². The number of nitrogens with zero attached hydrogens (tertiary/aromatic N) is 1. The predicted octanol–water partition coefficient (Wildman–Crippen LogP) is 2.56. The van der Waals surface area contributed by atoms with E-state index in [4.69, 9.17) is 0 Å². The fourth-order valence-electron chi connectivity index (χ4n) is 3.51. The van der Waals surface area contributed by atoms with E-state index in [0.717, 1.165) is 17.8 Å². The smallest absolute Gasteiger partial charge is 0.191 e. The van der Waals surface area contributed by atoms with Gasteiger partial charge < -0.3 is 10.6 Å². The van der Waals surface area contributed by atoms with Gasteiger partial charge in [-0.25, -0.2) is 8.42 Å². The summed E-state index contributed by atoms with van der Waals surface area (Å²) in [6.07, 6.45) is 10.1. The molecule has 5 nitrogen and oxygen atoms in total. The predicted molar refractivity (Wildman–Crippen MR) is 107 cm³/mol. The Morgan fingerprint density at radius 3 is 2.48 bits per heavy atom. The zero-order valence-corrected chi connectivity index (χ0v) is 17.7. The standard InChI is InChI=1S/C16H31N3O2S.HI/c1-12(9-10-22(3,20)21)18-16(17-2)19-15-11-14(15)13-7-5-4-6-8-13;/h12-15H,4-11H2,1-3H3,(H2,17,18,19);1H. The zero-order chi connectivity index (χ0) is 16.2. The maximum absolute atomic E-state index is 11.2. The van der Waals surface area contributed by atoms with E-state index in [0.29, 0.717) is 12.5 Å². The molecule has 2 rings (SSSR count). The zero-order valence-electron chi connectivity index (χ0n) is 14.5. The molecule has 0 saturated heterocycles. The molecule has 2 fully saturated rings. The first-order valence-corrected chi connectivity index (χ1v) is 10.6. The van der Waals surface area contributed by atoms with Gasteiger partial charge in [-0.05, 0) is 31.6 Å². The third-order valence-electron chi connectivity index (χ3n) is 4.95. The second-order valence-corrected chi connectivity index (χ2v) is 9.34. The Kier molecular flexibility index (Phi) is 8.61. The van der Waals surface area contributed by atoms with Crippen molar-refractivity contribution < 1.29 is 8.42 Å². The minimum atomic E-state index is -2.90. The summed E-state index contributed by atoms with van der Waals surface area (Å²) in [5.74, 6) is 2.73. The molecular weight excluding hydrogens is 425 g/mol. The van der Waals surface area contributed by atoms with Crippen LogP contribution in [-0.4, -0.2) is 45.5 Å². The lowest BCUT2D eigenvalue weighted by molar-refractivity contribution is 0.315. The SMILES string of the molecule is CN=C(NC(C)CCS(C)(=O)=O)NC1CC1C1CCCCC1.I. The van der Waals surface area contributed by atoms with Crippen molar-refractivity contribution >= 4 is 39.8 Å². The number of guanidine groups is 1. The molecule has 136 valence electrons. The Morgan fingerprint density at radius 2 is 1.91 bits per heavy atom. The average molecular weight is 457 g/mol. The lowest BCUT2D eigenvalue weighted by Gasteiger charge is -2.22. The van der Waals surface area contributed by atoms with Crippen molar-refractivity contribution in [2.45, 2.75) is 64.0 Å². The molecule has 2 aliphatic carbocycles. The molecule has 2 N–H and O–H groups in total. The number of rotatable bonds is 6. The van der Waals surface area contributed by atoms with Gasteiger partial charge in [-0.3, -0.25) is 4.99 Å². The molecule has 0 aliphatic heterocycles. The van der Waals surface area contributed by atoms with Crippen LogP contribution in [-0.2, 0) is 9.84 Å². The van der Waals surface area contributed by atoms with E-state index in [1.807, 2.05) is 6.92 Å². The highest BCUT2D eigenvalue weighted by Crippen LogP contribution is 2.44. The summed E-state index contributed by atoms with van der Waals surface area (Å²) in [7, 11) is -1.12. The molecule has 0 bridgehead atoms. The van der Waals surface area contributed by atoms with Crippen LogP contribution in [0.3, 0.4) is 0 Å². The maximum atomic E-state index is 11.2. The largest absolute Gasteiger partial charge is 0.354 e. The van der Waals surface area contributed by atoms with Crippen LogP contribution >= 0.6 is 24.0 Å². The fourth-order valence-corrected chi connectivity index (χ4v) is 4.29. The number of sulfone groups is 1. The van der Waals surface area contributed by atoms with Gasteiger partial charge in [0.15, 0.2) is 5.96 Å². The first-order valence-electron chi connectivity index (χ1n) is 8.56. The third kappa shape index (κ3) is 7.58. The van der Waals surface area contributed by atoms with Crippen molar-refractivity contribution in [3.8, 4) is 0 Å². The Bertz CT molecular complexity index is 490. The van der Waals surface area contributed by atoms with Gasteiger partial charge in [0.25, 0.3) is 0 Å². The van der Waals surface area contributed by atoms with Crippen LogP contribution in [0.25, 0.3) is 0 Å². The highest BCUT2D eigenvalue weighted by Gasteiger charge is 2.43. The van der Waals surface area contributed by atoms with E-state index < -0.39 is 9.84 Å². The average Bonchev–Trinajstić information content (AvgIpc) is 3.24. The Labute approximate surface area is 158 Å². The van der Waals surface area contributed by atoms with E-state index in [1.165, 1.54) is 44.8 Å². The molecule has 7 heteroatoms. The molecule has 0 heterocycles. The molecule has 2 aliphatic rings. The van der Waals surface area contributed by atoms with E-state index in [1.54, 1.807) is 7.05 Å². The number of halogens is 1. The number of hydrogen-bond donors (Lipinski definition) is 2. The van der Waals surface area contributed by atoms with Crippen LogP contribution < -0.4 is 10.6 Å². The van der Waals surface area contributed by atoms with E-state index >= 15 is 0 Å². The van der Waals surface area contributed by atoms with Crippen LogP contribution in [0.15, 0.2) is 4.99 Å². The quantitative estimate of drug-likeness (QED) is 0.366. The topological polar surface area (TPSA) is 70.6 Å². The Morgan fingerprint density at radius 1 is 1.26 bits per heavy atom. The van der Waals surface area contributed by atoms with E-state index in [-0.39, 0.29) is 35.8 Å². The fraction of sp³-hybridized carbons (Fsp3) is 0.938. The summed E-state index contributed by atoms with van der Waals surface area (Å²) in [4.78, 5) is 4.28. The summed E-state index contributed by atoms with van der Waals surface area (Å²) in [5.41, 5.74) is 0. The molecule has 23 heavy (non-hydrogen) atoms. The second-order valence-electron chi connectivity index (χ2n) is 7.08. The number of hydrogen-bond acceptors (Lipinski definition) is 3. The molecule has 0 aromatic rings. The molecular formula is C16H32IN3O2S. The Balaban J connectivity index is 0.00000264. The summed E-state index contributed by atoms with van der Waals surface area (Å²) >= 11 is 0. The highest BCUT2D eigenvalue weighted by atomic mass is 127. The number of aliphatic imine (C=N–C) groups is 1. The lowest BCUT2D eigenvalue weighted by Crippen LogP contribution is -2.44. The molecule has 3 unspecified atom stereocenters.